The number of amides is 3. The van der Waals surface area contributed by atoms with Crippen LogP contribution in [0.5, 0.6) is 11.5 Å². The van der Waals surface area contributed by atoms with Crippen LogP contribution in [0.15, 0.2) is 18.2 Å². The molecule has 1 aromatic rings. The van der Waals surface area contributed by atoms with Gasteiger partial charge in [-0.25, -0.2) is 9.59 Å². The highest BCUT2D eigenvalue weighted by atomic mass is 16.7. The number of fused-ring (bicyclic) bond motifs is 1. The second-order valence-electron chi connectivity index (χ2n) is 4.18. The summed E-state index contributed by atoms with van der Waals surface area (Å²) < 4.78 is 15.2. The van der Waals surface area contributed by atoms with Crippen LogP contribution in [-0.4, -0.2) is 37.9 Å². The number of esters is 1. The van der Waals surface area contributed by atoms with Gasteiger partial charge in [-0.15, -0.1) is 0 Å². The number of nitrogens with one attached hydrogen (secondary N) is 2. The molecule has 1 aliphatic heterocycles. The average molecular weight is 294 g/mol. The van der Waals surface area contributed by atoms with Crippen LogP contribution < -0.4 is 20.1 Å². The Kier molecular flexibility index (Phi) is 4.27. The predicted molar refractivity (Wildman–Crippen MR) is 70.0 cm³/mol. The molecule has 0 unspecified atom stereocenters. The highest BCUT2D eigenvalue weighted by molar-refractivity contribution is 5.98. The highest BCUT2D eigenvalue weighted by Crippen LogP contribution is 2.32. The number of hydrogen-bond donors (Lipinski definition) is 2. The zero-order valence-electron chi connectivity index (χ0n) is 11.5. The maximum atomic E-state index is 11.9. The Morgan fingerprint density at radius 3 is 2.67 bits per heavy atom. The minimum Gasteiger partial charge on any atom is -0.454 e. The fourth-order valence-electron chi connectivity index (χ4n) is 1.58. The zero-order chi connectivity index (χ0) is 15.4. The molecule has 8 heteroatoms. The average Bonchev–Trinajstić information content (AvgIpc) is 2.94. The Labute approximate surface area is 120 Å². The number of hydrogen-bond acceptors (Lipinski definition) is 6. The summed E-state index contributed by atoms with van der Waals surface area (Å²) in [6.07, 6.45) is -1.11. The van der Waals surface area contributed by atoms with Crippen molar-refractivity contribution in [3.8, 4) is 11.5 Å². The number of carbonyl (C=O) groups is 3. The van der Waals surface area contributed by atoms with Crippen molar-refractivity contribution in [3.05, 3.63) is 23.8 Å². The summed E-state index contributed by atoms with van der Waals surface area (Å²) in [5.74, 6) is -0.444. The molecule has 2 N–H and O–H groups in total. The molecule has 1 heterocycles. The molecule has 8 nitrogen and oxygen atoms in total. The Morgan fingerprint density at radius 2 is 1.95 bits per heavy atom. The Morgan fingerprint density at radius 1 is 1.24 bits per heavy atom. The lowest BCUT2D eigenvalue weighted by Crippen LogP contribution is -2.43. The van der Waals surface area contributed by atoms with Crippen molar-refractivity contribution in [2.45, 2.75) is 13.0 Å². The Hall–Kier alpha value is -2.77. The molecule has 0 fully saturated rings. The topological polar surface area (TPSA) is 103 Å². The van der Waals surface area contributed by atoms with Gasteiger partial charge < -0.3 is 19.5 Å². The summed E-state index contributed by atoms with van der Waals surface area (Å²) in [4.78, 5) is 34.5. The summed E-state index contributed by atoms with van der Waals surface area (Å²) in [5, 5.41) is 4.24. The van der Waals surface area contributed by atoms with E-state index in [2.05, 4.69) is 5.32 Å². The molecular weight excluding hydrogens is 280 g/mol. The summed E-state index contributed by atoms with van der Waals surface area (Å²) in [6, 6.07) is 3.87. The van der Waals surface area contributed by atoms with Crippen molar-refractivity contribution in [1.29, 1.82) is 0 Å². The first kappa shape index (κ1) is 14.6. The lowest BCUT2D eigenvalue weighted by Gasteiger charge is -2.12. The predicted octanol–water partition coefficient (Wildman–Crippen LogP) is 0.416. The fourth-order valence-corrected chi connectivity index (χ4v) is 1.58. The van der Waals surface area contributed by atoms with Crippen LogP contribution in [0.4, 0.5) is 4.79 Å². The molecule has 0 saturated heterocycles. The third kappa shape index (κ3) is 3.41. The molecular formula is C13H14N2O6. The molecule has 112 valence electrons. The normalized spacial score (nSPS) is 13.2. The molecule has 1 aliphatic rings. The monoisotopic (exact) mass is 294 g/mol. The van der Waals surface area contributed by atoms with Gasteiger partial charge in [0, 0.05) is 7.05 Å². The maximum Gasteiger partial charge on any atom is 0.339 e. The number of carbonyl (C=O) groups excluding carboxylic acids is 3. The third-order valence-corrected chi connectivity index (χ3v) is 2.73. The van der Waals surface area contributed by atoms with Crippen molar-refractivity contribution in [1.82, 2.24) is 10.6 Å². The molecule has 0 bridgehead atoms. The SMILES string of the molecule is CNC(=O)NC(=O)[C@H](C)OC(=O)c1ccc2c(c1)OCO2. The number of ether oxygens (including phenoxy) is 3. The summed E-state index contributed by atoms with van der Waals surface area (Å²) in [7, 11) is 1.37. The van der Waals surface area contributed by atoms with Crippen LogP contribution >= 0.6 is 0 Å². The van der Waals surface area contributed by atoms with Crippen molar-refractivity contribution in [3.63, 3.8) is 0 Å². The zero-order valence-corrected chi connectivity index (χ0v) is 11.5. The second kappa shape index (κ2) is 6.12. The standard InChI is InChI=1S/C13H14N2O6/c1-7(11(16)15-13(18)14-2)21-12(17)8-3-4-9-10(5-8)20-6-19-9/h3-5,7H,6H2,1-2H3,(H2,14,15,16,18)/t7-/m0/s1. The number of benzene rings is 1. The lowest BCUT2D eigenvalue weighted by molar-refractivity contribution is -0.127. The van der Waals surface area contributed by atoms with Gasteiger partial charge in [0.15, 0.2) is 17.6 Å². The minimum atomic E-state index is -1.11. The minimum absolute atomic E-state index is 0.0960. The third-order valence-electron chi connectivity index (χ3n) is 2.73. The first-order valence-electron chi connectivity index (χ1n) is 6.14. The van der Waals surface area contributed by atoms with Gasteiger partial charge in [-0.3, -0.25) is 10.1 Å². The molecule has 0 spiro atoms. The van der Waals surface area contributed by atoms with Gasteiger partial charge >= 0.3 is 12.0 Å². The van der Waals surface area contributed by atoms with Gasteiger partial charge in [-0.05, 0) is 25.1 Å². The van der Waals surface area contributed by atoms with Gasteiger partial charge in [-0.1, -0.05) is 0 Å². The fraction of sp³-hybridized carbons (Fsp3) is 0.308. The van der Waals surface area contributed by atoms with Crippen molar-refractivity contribution in [2.24, 2.45) is 0 Å². The smallest absolute Gasteiger partial charge is 0.339 e. The van der Waals surface area contributed by atoms with Crippen LogP contribution in [0.2, 0.25) is 0 Å². The molecule has 21 heavy (non-hydrogen) atoms. The second-order valence-corrected chi connectivity index (χ2v) is 4.18. The largest absolute Gasteiger partial charge is 0.454 e. The Balaban J connectivity index is 1.97. The molecule has 0 radical (unpaired) electrons. The van der Waals surface area contributed by atoms with Crippen LogP contribution in [0.25, 0.3) is 0 Å². The van der Waals surface area contributed by atoms with Crippen LogP contribution in [-0.2, 0) is 9.53 Å². The van der Waals surface area contributed by atoms with E-state index in [-0.39, 0.29) is 12.4 Å². The summed E-state index contributed by atoms with van der Waals surface area (Å²) in [5.41, 5.74) is 0.221. The van der Waals surface area contributed by atoms with E-state index in [0.29, 0.717) is 11.5 Å². The van der Waals surface area contributed by atoms with Crippen LogP contribution in [0.3, 0.4) is 0 Å². The van der Waals surface area contributed by atoms with E-state index in [1.807, 2.05) is 5.32 Å². The van der Waals surface area contributed by atoms with Crippen molar-refractivity contribution < 1.29 is 28.6 Å². The molecule has 0 aromatic heterocycles. The first-order valence-corrected chi connectivity index (χ1v) is 6.14. The first-order chi connectivity index (χ1) is 10.0. The van der Waals surface area contributed by atoms with Crippen LogP contribution in [0, 0.1) is 0 Å². The van der Waals surface area contributed by atoms with E-state index >= 15 is 0 Å². The van der Waals surface area contributed by atoms with Crippen LogP contribution in [0.1, 0.15) is 17.3 Å². The van der Waals surface area contributed by atoms with Gasteiger partial charge in [0.1, 0.15) is 0 Å². The molecule has 1 aromatic carbocycles. The van der Waals surface area contributed by atoms with Crippen molar-refractivity contribution >= 4 is 17.9 Å². The molecule has 3 amide bonds. The van der Waals surface area contributed by atoms with E-state index in [4.69, 9.17) is 14.2 Å². The molecule has 0 saturated carbocycles. The van der Waals surface area contributed by atoms with E-state index < -0.39 is 24.0 Å². The van der Waals surface area contributed by atoms with Crippen molar-refractivity contribution in [2.75, 3.05) is 13.8 Å². The number of rotatable bonds is 3. The summed E-state index contributed by atoms with van der Waals surface area (Å²) in [6.45, 7) is 1.46. The molecule has 0 aliphatic carbocycles. The van der Waals surface area contributed by atoms with Gasteiger partial charge in [-0.2, -0.15) is 0 Å². The molecule has 2 rings (SSSR count). The quantitative estimate of drug-likeness (QED) is 0.783. The van der Waals surface area contributed by atoms with E-state index in [0.717, 1.165) is 0 Å². The van der Waals surface area contributed by atoms with E-state index in [1.54, 1.807) is 6.07 Å². The molecule has 1 atom stereocenters. The number of imide groups is 1. The van der Waals surface area contributed by atoms with Gasteiger partial charge in [0.25, 0.3) is 5.91 Å². The van der Waals surface area contributed by atoms with Gasteiger partial charge in [0.2, 0.25) is 6.79 Å². The maximum absolute atomic E-state index is 11.9. The lowest BCUT2D eigenvalue weighted by atomic mass is 10.2. The number of urea groups is 1. The summed E-state index contributed by atoms with van der Waals surface area (Å²) >= 11 is 0. The Bertz CT molecular complexity index is 586. The van der Waals surface area contributed by atoms with Gasteiger partial charge in [0.05, 0.1) is 5.56 Å². The van der Waals surface area contributed by atoms with E-state index in [9.17, 15) is 14.4 Å². The van der Waals surface area contributed by atoms with E-state index in [1.165, 1.54) is 26.1 Å². The highest BCUT2D eigenvalue weighted by Gasteiger charge is 2.22.